The molecule has 0 radical (unpaired) electrons. The van der Waals surface area contributed by atoms with Crippen LogP contribution in [0.4, 0.5) is 26.2 Å². The van der Waals surface area contributed by atoms with Crippen LogP contribution in [0.2, 0.25) is 0 Å². The Bertz CT molecular complexity index is 587. The second-order valence-corrected chi connectivity index (χ2v) is 3.96. The third-order valence-corrected chi connectivity index (χ3v) is 2.60. The van der Waals surface area contributed by atoms with E-state index < -0.39 is 5.82 Å². The summed E-state index contributed by atoms with van der Waals surface area (Å²) >= 11 is 0. The van der Waals surface area contributed by atoms with E-state index in [1.54, 1.807) is 19.1 Å². The molecule has 0 saturated heterocycles. The van der Waals surface area contributed by atoms with Crippen LogP contribution < -0.4 is 10.6 Å². The fraction of sp³-hybridized carbons (Fsp3) is 0.231. The lowest BCUT2D eigenvalue weighted by Gasteiger charge is -2.11. The molecule has 0 aliphatic heterocycles. The van der Waals surface area contributed by atoms with Crippen molar-refractivity contribution in [2.24, 2.45) is 0 Å². The Morgan fingerprint density at radius 3 is 2.74 bits per heavy atom. The third-order valence-electron chi connectivity index (χ3n) is 2.60. The molecule has 100 valence electrons. The van der Waals surface area contributed by atoms with Gasteiger partial charge in [-0.05, 0) is 26.0 Å². The van der Waals surface area contributed by atoms with Crippen molar-refractivity contribution in [1.82, 2.24) is 9.97 Å². The number of nitrogens with zero attached hydrogens (tertiary/aromatic N) is 2. The van der Waals surface area contributed by atoms with Gasteiger partial charge in [0.05, 0.1) is 6.20 Å². The van der Waals surface area contributed by atoms with Crippen molar-refractivity contribution in [3.05, 3.63) is 41.6 Å². The van der Waals surface area contributed by atoms with Gasteiger partial charge in [0.1, 0.15) is 5.82 Å². The van der Waals surface area contributed by atoms with Crippen molar-refractivity contribution < 1.29 is 8.78 Å². The van der Waals surface area contributed by atoms with Gasteiger partial charge in [0.2, 0.25) is 5.95 Å². The minimum absolute atomic E-state index is 0.0136. The van der Waals surface area contributed by atoms with Gasteiger partial charge in [-0.15, -0.1) is 0 Å². The number of rotatable bonds is 4. The highest BCUT2D eigenvalue weighted by molar-refractivity contribution is 5.61. The molecule has 1 aromatic heterocycles. The molecule has 2 aromatic rings. The molecule has 1 aromatic carbocycles. The van der Waals surface area contributed by atoms with Crippen molar-refractivity contribution in [2.45, 2.75) is 13.8 Å². The van der Waals surface area contributed by atoms with Crippen molar-refractivity contribution in [1.29, 1.82) is 0 Å². The van der Waals surface area contributed by atoms with Gasteiger partial charge in [-0.1, -0.05) is 6.07 Å². The molecule has 0 aliphatic rings. The molecule has 2 N–H and O–H groups in total. The molecular formula is C13H14F2N4. The Balaban J connectivity index is 2.32. The van der Waals surface area contributed by atoms with E-state index in [4.69, 9.17) is 0 Å². The van der Waals surface area contributed by atoms with Crippen LogP contribution in [0.25, 0.3) is 0 Å². The van der Waals surface area contributed by atoms with Gasteiger partial charge in [-0.25, -0.2) is 13.8 Å². The first-order valence-electron chi connectivity index (χ1n) is 5.90. The van der Waals surface area contributed by atoms with Gasteiger partial charge in [0.15, 0.2) is 11.6 Å². The number of benzene rings is 1. The van der Waals surface area contributed by atoms with Crippen LogP contribution in [0, 0.1) is 18.6 Å². The van der Waals surface area contributed by atoms with Gasteiger partial charge < -0.3 is 10.6 Å². The minimum atomic E-state index is -0.592. The van der Waals surface area contributed by atoms with E-state index >= 15 is 0 Å². The van der Waals surface area contributed by atoms with Crippen molar-refractivity contribution >= 4 is 17.5 Å². The number of hydrogen-bond acceptors (Lipinski definition) is 4. The second kappa shape index (κ2) is 5.60. The van der Waals surface area contributed by atoms with E-state index in [0.717, 1.165) is 6.20 Å². The Morgan fingerprint density at radius 1 is 1.21 bits per heavy atom. The summed E-state index contributed by atoms with van der Waals surface area (Å²) in [6.07, 6.45) is 1.07. The van der Waals surface area contributed by atoms with Crippen LogP contribution in [-0.2, 0) is 0 Å². The van der Waals surface area contributed by atoms with E-state index in [0.29, 0.717) is 23.7 Å². The molecule has 0 saturated carbocycles. The fourth-order valence-corrected chi connectivity index (χ4v) is 1.57. The van der Waals surface area contributed by atoms with Crippen LogP contribution in [-0.4, -0.2) is 16.5 Å². The Kier molecular flexibility index (Phi) is 3.89. The summed E-state index contributed by atoms with van der Waals surface area (Å²) in [6, 6.07) is 4.56. The molecule has 0 bridgehead atoms. The van der Waals surface area contributed by atoms with Crippen LogP contribution in [0.5, 0.6) is 0 Å². The average Bonchev–Trinajstić information content (AvgIpc) is 2.39. The summed E-state index contributed by atoms with van der Waals surface area (Å²) in [6.45, 7) is 4.13. The lowest BCUT2D eigenvalue weighted by Crippen LogP contribution is -2.06. The van der Waals surface area contributed by atoms with Crippen LogP contribution in [0.3, 0.4) is 0 Å². The topological polar surface area (TPSA) is 49.8 Å². The molecule has 0 amide bonds. The molecular weight excluding hydrogens is 250 g/mol. The van der Waals surface area contributed by atoms with Crippen molar-refractivity contribution in [3.8, 4) is 0 Å². The first kappa shape index (κ1) is 13.2. The smallest absolute Gasteiger partial charge is 0.224 e. The van der Waals surface area contributed by atoms with E-state index in [1.807, 2.05) is 6.92 Å². The van der Waals surface area contributed by atoms with Crippen molar-refractivity contribution in [3.63, 3.8) is 0 Å². The Morgan fingerprint density at radius 2 is 2.00 bits per heavy atom. The van der Waals surface area contributed by atoms with Gasteiger partial charge >= 0.3 is 0 Å². The lowest BCUT2D eigenvalue weighted by atomic mass is 10.2. The maximum absolute atomic E-state index is 13.6. The Labute approximate surface area is 109 Å². The first-order valence-corrected chi connectivity index (χ1v) is 5.90. The molecule has 0 unspecified atom stereocenters. The number of hydrogen-bond donors (Lipinski definition) is 2. The minimum Gasteiger partial charge on any atom is -0.354 e. The zero-order valence-corrected chi connectivity index (χ0v) is 10.7. The molecule has 2 rings (SSSR count). The monoisotopic (exact) mass is 264 g/mol. The molecule has 4 nitrogen and oxygen atoms in total. The highest BCUT2D eigenvalue weighted by Crippen LogP contribution is 2.23. The predicted octanol–water partition coefficient (Wildman–Crippen LogP) is 3.24. The molecule has 0 spiro atoms. The molecule has 1 heterocycles. The average molecular weight is 264 g/mol. The highest BCUT2D eigenvalue weighted by atomic mass is 19.1. The largest absolute Gasteiger partial charge is 0.354 e. The summed E-state index contributed by atoms with van der Waals surface area (Å²) in [5.41, 5.74) is 0.880. The summed E-state index contributed by atoms with van der Waals surface area (Å²) in [5, 5.41) is 5.66. The zero-order valence-electron chi connectivity index (χ0n) is 10.7. The van der Waals surface area contributed by atoms with Crippen LogP contribution >= 0.6 is 0 Å². The molecule has 0 atom stereocenters. The van der Waals surface area contributed by atoms with Gasteiger partial charge in [0.25, 0.3) is 0 Å². The van der Waals surface area contributed by atoms with Crippen molar-refractivity contribution in [2.75, 3.05) is 17.2 Å². The maximum Gasteiger partial charge on any atom is 0.224 e. The molecule has 0 aliphatic carbocycles. The zero-order chi connectivity index (χ0) is 13.8. The van der Waals surface area contributed by atoms with E-state index in [9.17, 15) is 8.78 Å². The molecule has 6 heteroatoms. The highest BCUT2D eigenvalue weighted by Gasteiger charge is 2.09. The first-order chi connectivity index (χ1) is 9.11. The Hall–Kier alpha value is -2.24. The molecule has 19 heavy (non-hydrogen) atoms. The summed E-state index contributed by atoms with van der Waals surface area (Å²) in [4.78, 5) is 7.80. The lowest BCUT2D eigenvalue weighted by molar-refractivity contribution is 0.616. The SMILES string of the molecule is CCNc1ncc(F)c(Nc2cccc(F)c2C)n1. The molecule has 0 fully saturated rings. The normalized spacial score (nSPS) is 10.3. The fourth-order valence-electron chi connectivity index (χ4n) is 1.57. The summed E-state index contributed by atoms with van der Waals surface area (Å²) < 4.78 is 27.0. The van der Waals surface area contributed by atoms with E-state index in [1.165, 1.54) is 6.07 Å². The van der Waals surface area contributed by atoms with Crippen LogP contribution in [0.1, 0.15) is 12.5 Å². The van der Waals surface area contributed by atoms with Gasteiger partial charge in [0, 0.05) is 17.8 Å². The maximum atomic E-state index is 13.6. The van der Waals surface area contributed by atoms with Gasteiger partial charge in [-0.2, -0.15) is 4.98 Å². The summed E-state index contributed by atoms with van der Waals surface area (Å²) in [5.74, 6) is -0.614. The second-order valence-electron chi connectivity index (χ2n) is 3.96. The summed E-state index contributed by atoms with van der Waals surface area (Å²) in [7, 11) is 0. The van der Waals surface area contributed by atoms with E-state index in [2.05, 4.69) is 20.6 Å². The number of halogens is 2. The van der Waals surface area contributed by atoms with E-state index in [-0.39, 0.29) is 11.6 Å². The van der Waals surface area contributed by atoms with Gasteiger partial charge in [-0.3, -0.25) is 0 Å². The third kappa shape index (κ3) is 2.96. The number of anilines is 3. The predicted molar refractivity (Wildman–Crippen MR) is 70.6 cm³/mol. The number of aromatic nitrogens is 2. The van der Waals surface area contributed by atoms with Crippen LogP contribution in [0.15, 0.2) is 24.4 Å². The number of nitrogens with one attached hydrogen (secondary N) is 2. The standard InChI is InChI=1S/C13H14F2N4/c1-3-16-13-17-7-10(15)12(19-13)18-11-6-4-5-9(14)8(11)2/h4-7H,3H2,1-2H3,(H2,16,17,18,19). The quantitative estimate of drug-likeness (QED) is 0.890.